The van der Waals surface area contributed by atoms with Crippen molar-refractivity contribution in [3.63, 3.8) is 0 Å². The van der Waals surface area contributed by atoms with Crippen LogP contribution >= 0.6 is 11.8 Å². The smallest absolute Gasteiger partial charge is 0.258 e. The van der Waals surface area contributed by atoms with E-state index in [1.165, 1.54) is 22.2 Å². The van der Waals surface area contributed by atoms with Crippen molar-refractivity contribution in [3.8, 4) is 0 Å². The molecule has 0 saturated heterocycles. The number of fused-ring (bicyclic) bond motifs is 1. The molecule has 0 saturated carbocycles. The van der Waals surface area contributed by atoms with Crippen LogP contribution in [0.15, 0.2) is 34.3 Å². The summed E-state index contributed by atoms with van der Waals surface area (Å²) in [4.78, 5) is 20.4. The van der Waals surface area contributed by atoms with Crippen LogP contribution in [0.4, 0.5) is 5.95 Å². The van der Waals surface area contributed by atoms with Gasteiger partial charge in [-0.2, -0.15) is 4.98 Å². The van der Waals surface area contributed by atoms with Crippen LogP contribution < -0.4 is 11.3 Å². The van der Waals surface area contributed by atoms with Crippen molar-refractivity contribution < 1.29 is 0 Å². The summed E-state index contributed by atoms with van der Waals surface area (Å²) in [6, 6.07) is 5.27. The summed E-state index contributed by atoms with van der Waals surface area (Å²) in [5, 5.41) is 7.02. The first-order chi connectivity index (χ1) is 9.61. The Morgan fingerprint density at radius 3 is 3.00 bits per heavy atom. The van der Waals surface area contributed by atoms with Crippen LogP contribution in [0.2, 0.25) is 0 Å². The Balaban J connectivity index is 1.90. The van der Waals surface area contributed by atoms with Crippen LogP contribution in [0.25, 0.3) is 5.65 Å². The van der Waals surface area contributed by atoms with Gasteiger partial charge in [0.05, 0.1) is 5.69 Å². The molecule has 0 unspecified atom stereocenters. The van der Waals surface area contributed by atoms with Crippen LogP contribution in [0, 0.1) is 6.92 Å². The Morgan fingerprint density at radius 2 is 2.25 bits per heavy atom. The zero-order chi connectivity index (χ0) is 14.1. The number of nitrogens with zero attached hydrogens (tertiary/aromatic N) is 4. The molecule has 3 aromatic rings. The molecule has 0 spiro atoms. The Bertz CT molecular complexity index is 824. The van der Waals surface area contributed by atoms with E-state index in [9.17, 15) is 4.79 Å². The number of hydrogen-bond donors (Lipinski definition) is 2. The minimum atomic E-state index is -0.0971. The van der Waals surface area contributed by atoms with Crippen LogP contribution in [-0.2, 0) is 5.75 Å². The Kier molecular flexibility index (Phi) is 3.15. The maximum atomic E-state index is 12.0. The second kappa shape index (κ2) is 4.97. The van der Waals surface area contributed by atoms with E-state index in [0.717, 1.165) is 5.56 Å². The molecule has 0 radical (unpaired) electrons. The van der Waals surface area contributed by atoms with E-state index < -0.39 is 0 Å². The van der Waals surface area contributed by atoms with Gasteiger partial charge in [-0.15, -0.1) is 5.10 Å². The zero-order valence-corrected chi connectivity index (χ0v) is 11.5. The lowest BCUT2D eigenvalue weighted by atomic mass is 10.3. The number of H-pyrrole nitrogens is 1. The molecular formula is C12H12N6OS. The number of rotatable bonds is 3. The van der Waals surface area contributed by atoms with Crippen molar-refractivity contribution in [2.24, 2.45) is 0 Å². The topological polar surface area (TPSA) is 102 Å². The number of hydrogen-bond acceptors (Lipinski definition) is 6. The van der Waals surface area contributed by atoms with Gasteiger partial charge in [0.2, 0.25) is 11.1 Å². The second-order valence-electron chi connectivity index (χ2n) is 4.31. The number of aromatic nitrogens is 5. The molecule has 7 nitrogen and oxygen atoms in total. The molecule has 0 aliphatic carbocycles. The molecule has 0 amide bonds. The van der Waals surface area contributed by atoms with E-state index in [4.69, 9.17) is 5.73 Å². The molecule has 8 heteroatoms. The lowest BCUT2D eigenvalue weighted by Gasteiger charge is -2.03. The number of anilines is 1. The van der Waals surface area contributed by atoms with E-state index in [2.05, 4.69) is 20.2 Å². The molecule has 0 aliphatic heterocycles. The van der Waals surface area contributed by atoms with Gasteiger partial charge in [0, 0.05) is 18.0 Å². The van der Waals surface area contributed by atoms with Gasteiger partial charge in [0.1, 0.15) is 5.65 Å². The standard InChI is InChI=1S/C12H12N6OS/c1-7-2-3-18-9(4-7)14-8(5-10(18)19)6-20-12-15-11(13)16-17-12/h2-5H,6H2,1H3,(H3,13,15,16,17). The molecule has 3 aromatic heterocycles. The number of nitrogen functional groups attached to an aromatic ring is 1. The second-order valence-corrected chi connectivity index (χ2v) is 5.25. The summed E-state index contributed by atoms with van der Waals surface area (Å²) < 4.78 is 1.52. The molecule has 0 aliphatic rings. The minimum absolute atomic E-state index is 0.0971. The molecule has 20 heavy (non-hydrogen) atoms. The summed E-state index contributed by atoms with van der Waals surface area (Å²) >= 11 is 1.37. The summed E-state index contributed by atoms with van der Waals surface area (Å²) in [6.07, 6.45) is 1.73. The maximum absolute atomic E-state index is 12.0. The largest absolute Gasteiger partial charge is 0.368 e. The summed E-state index contributed by atoms with van der Waals surface area (Å²) in [6.45, 7) is 1.96. The Morgan fingerprint density at radius 1 is 1.40 bits per heavy atom. The maximum Gasteiger partial charge on any atom is 0.258 e. The van der Waals surface area contributed by atoms with Crippen LogP contribution in [0.3, 0.4) is 0 Å². The van der Waals surface area contributed by atoms with Crippen molar-refractivity contribution in [3.05, 3.63) is 46.0 Å². The third-order valence-electron chi connectivity index (χ3n) is 2.71. The first-order valence-electron chi connectivity index (χ1n) is 5.91. The Labute approximate surface area is 118 Å². The predicted octanol–water partition coefficient (Wildman–Crippen LogP) is 0.996. The number of pyridine rings is 1. The monoisotopic (exact) mass is 288 g/mol. The first kappa shape index (κ1) is 12.7. The fraction of sp³-hybridized carbons (Fsp3) is 0.167. The lowest BCUT2D eigenvalue weighted by molar-refractivity contribution is 0.968. The van der Waals surface area contributed by atoms with E-state index in [-0.39, 0.29) is 11.5 Å². The highest BCUT2D eigenvalue weighted by molar-refractivity contribution is 7.98. The molecule has 0 bridgehead atoms. The van der Waals surface area contributed by atoms with Crippen LogP contribution in [0.1, 0.15) is 11.3 Å². The van der Waals surface area contributed by atoms with Gasteiger partial charge >= 0.3 is 0 Å². The minimum Gasteiger partial charge on any atom is -0.368 e. The van der Waals surface area contributed by atoms with Gasteiger partial charge in [-0.05, 0) is 24.6 Å². The van der Waals surface area contributed by atoms with E-state index >= 15 is 0 Å². The van der Waals surface area contributed by atoms with Crippen molar-refractivity contribution in [2.45, 2.75) is 17.8 Å². The number of nitrogens with two attached hydrogens (primary N) is 1. The SMILES string of the molecule is Cc1ccn2c(=O)cc(CSc3n[nH]c(N)n3)nc2c1. The summed E-state index contributed by atoms with van der Waals surface area (Å²) in [5.41, 5.74) is 7.74. The molecular weight excluding hydrogens is 276 g/mol. The summed E-state index contributed by atoms with van der Waals surface area (Å²) in [7, 11) is 0. The van der Waals surface area contributed by atoms with Gasteiger partial charge < -0.3 is 5.73 Å². The quantitative estimate of drug-likeness (QED) is 0.697. The molecule has 0 fully saturated rings. The number of thioether (sulfide) groups is 1. The lowest BCUT2D eigenvalue weighted by Crippen LogP contribution is -2.15. The van der Waals surface area contributed by atoms with Crippen molar-refractivity contribution in [1.82, 2.24) is 24.6 Å². The van der Waals surface area contributed by atoms with Gasteiger partial charge in [-0.3, -0.25) is 9.20 Å². The van der Waals surface area contributed by atoms with E-state index in [1.54, 1.807) is 6.20 Å². The van der Waals surface area contributed by atoms with E-state index in [0.29, 0.717) is 22.3 Å². The predicted molar refractivity (Wildman–Crippen MR) is 76.6 cm³/mol. The normalized spacial score (nSPS) is 11.1. The number of aromatic amines is 1. The average Bonchev–Trinajstić information content (AvgIpc) is 2.82. The van der Waals surface area contributed by atoms with Gasteiger partial charge in [0.15, 0.2) is 0 Å². The molecule has 3 N–H and O–H groups in total. The van der Waals surface area contributed by atoms with Crippen molar-refractivity contribution >= 4 is 23.4 Å². The van der Waals surface area contributed by atoms with Gasteiger partial charge in [-0.25, -0.2) is 10.1 Å². The molecule has 0 atom stereocenters. The zero-order valence-electron chi connectivity index (χ0n) is 10.7. The van der Waals surface area contributed by atoms with Gasteiger partial charge in [-0.1, -0.05) is 11.8 Å². The number of aryl methyl sites for hydroxylation is 1. The van der Waals surface area contributed by atoms with Gasteiger partial charge in [0.25, 0.3) is 5.56 Å². The molecule has 0 aromatic carbocycles. The molecule has 3 rings (SSSR count). The van der Waals surface area contributed by atoms with E-state index in [1.807, 2.05) is 19.1 Å². The van der Waals surface area contributed by atoms with Crippen LogP contribution in [-0.4, -0.2) is 24.6 Å². The Hall–Kier alpha value is -2.35. The molecule has 102 valence electrons. The average molecular weight is 288 g/mol. The van der Waals surface area contributed by atoms with Crippen LogP contribution in [0.5, 0.6) is 0 Å². The fourth-order valence-corrected chi connectivity index (χ4v) is 2.49. The third kappa shape index (κ3) is 2.50. The highest BCUT2D eigenvalue weighted by Gasteiger charge is 2.06. The first-order valence-corrected chi connectivity index (χ1v) is 6.90. The highest BCUT2D eigenvalue weighted by Crippen LogP contribution is 2.17. The number of nitrogens with one attached hydrogen (secondary N) is 1. The van der Waals surface area contributed by atoms with Crippen molar-refractivity contribution in [2.75, 3.05) is 5.73 Å². The molecule has 3 heterocycles. The highest BCUT2D eigenvalue weighted by atomic mass is 32.2. The fourth-order valence-electron chi connectivity index (χ4n) is 1.79. The van der Waals surface area contributed by atoms with Crippen molar-refractivity contribution in [1.29, 1.82) is 0 Å². The third-order valence-corrected chi connectivity index (χ3v) is 3.59. The summed E-state index contributed by atoms with van der Waals surface area (Å²) in [5.74, 6) is 0.784.